The number of carbonyl (C=O) groups is 2. The number of rotatable bonds is 9. The topological polar surface area (TPSA) is 92.5 Å². The van der Waals surface area contributed by atoms with E-state index in [1.54, 1.807) is 30.3 Å². The van der Waals surface area contributed by atoms with E-state index < -0.39 is 23.5 Å². The lowest BCUT2D eigenvalue weighted by Gasteiger charge is -2.28. The van der Waals surface area contributed by atoms with Crippen LogP contribution in [-0.4, -0.2) is 67.5 Å². The number of fused-ring (bicyclic) bond motifs is 1. The van der Waals surface area contributed by atoms with Crippen molar-refractivity contribution in [1.82, 2.24) is 9.80 Å². The summed E-state index contributed by atoms with van der Waals surface area (Å²) >= 11 is 0. The SMILES string of the molecule is CCOc1ccc(C2C(C(=O)c3cc4cc(C)ccc4o3)=C(O)C(=O)N2CCN(C)C)cc1OC. The van der Waals surface area contributed by atoms with E-state index in [9.17, 15) is 14.7 Å². The number of likely N-dealkylation sites (N-methyl/N-ethyl adjacent to an activating group) is 1. The highest BCUT2D eigenvalue weighted by Crippen LogP contribution is 2.42. The van der Waals surface area contributed by atoms with Crippen molar-refractivity contribution in [3.8, 4) is 11.5 Å². The van der Waals surface area contributed by atoms with Gasteiger partial charge in [0.15, 0.2) is 23.0 Å². The second-order valence-electron chi connectivity index (χ2n) is 8.79. The molecule has 8 nitrogen and oxygen atoms in total. The summed E-state index contributed by atoms with van der Waals surface area (Å²) in [5.74, 6) is -0.603. The van der Waals surface area contributed by atoms with Crippen LogP contribution in [0, 0.1) is 6.92 Å². The Morgan fingerprint density at radius 2 is 1.91 bits per heavy atom. The molecule has 8 heteroatoms. The van der Waals surface area contributed by atoms with Gasteiger partial charge >= 0.3 is 0 Å². The van der Waals surface area contributed by atoms with Gasteiger partial charge in [0.05, 0.1) is 25.3 Å². The number of ether oxygens (including phenoxy) is 2. The zero-order valence-electron chi connectivity index (χ0n) is 20.6. The molecule has 0 radical (unpaired) electrons. The fourth-order valence-corrected chi connectivity index (χ4v) is 4.31. The number of hydrogen-bond acceptors (Lipinski definition) is 7. The molecule has 2 heterocycles. The minimum absolute atomic E-state index is 0.0178. The first-order chi connectivity index (χ1) is 16.7. The molecule has 1 atom stereocenters. The number of ketones is 1. The lowest BCUT2D eigenvalue weighted by atomic mass is 9.94. The predicted molar refractivity (Wildman–Crippen MR) is 132 cm³/mol. The molecule has 184 valence electrons. The Hall–Kier alpha value is -3.78. The molecule has 0 saturated carbocycles. The number of amides is 1. The van der Waals surface area contributed by atoms with Crippen molar-refractivity contribution in [2.45, 2.75) is 19.9 Å². The largest absolute Gasteiger partial charge is 0.503 e. The highest BCUT2D eigenvalue weighted by atomic mass is 16.5. The number of nitrogens with zero attached hydrogens (tertiary/aromatic N) is 2. The van der Waals surface area contributed by atoms with E-state index in [2.05, 4.69) is 0 Å². The summed E-state index contributed by atoms with van der Waals surface area (Å²) in [4.78, 5) is 30.3. The highest BCUT2D eigenvalue weighted by Gasteiger charge is 2.44. The number of Topliss-reactive ketones (excluding diaryl/α,β-unsaturated/α-hetero) is 1. The summed E-state index contributed by atoms with van der Waals surface area (Å²) in [5, 5.41) is 11.7. The van der Waals surface area contributed by atoms with Crippen LogP contribution in [0.15, 0.2) is 58.2 Å². The van der Waals surface area contributed by atoms with Gasteiger partial charge < -0.3 is 28.8 Å². The average Bonchev–Trinajstić information content (AvgIpc) is 3.36. The molecule has 3 aromatic rings. The Bertz CT molecular complexity index is 1310. The van der Waals surface area contributed by atoms with E-state index in [0.717, 1.165) is 10.9 Å². The first-order valence-electron chi connectivity index (χ1n) is 11.5. The van der Waals surface area contributed by atoms with Gasteiger partial charge in [0.25, 0.3) is 5.91 Å². The van der Waals surface area contributed by atoms with Crippen molar-refractivity contribution >= 4 is 22.7 Å². The maximum absolute atomic E-state index is 13.7. The maximum atomic E-state index is 13.7. The highest BCUT2D eigenvalue weighted by molar-refractivity contribution is 6.16. The fraction of sp³-hybridized carbons (Fsp3) is 0.333. The molecular weight excluding hydrogens is 448 g/mol. The van der Waals surface area contributed by atoms with E-state index >= 15 is 0 Å². The van der Waals surface area contributed by atoms with Gasteiger partial charge in [-0.15, -0.1) is 0 Å². The summed E-state index contributed by atoms with van der Waals surface area (Å²) in [6.07, 6.45) is 0. The lowest BCUT2D eigenvalue weighted by Crippen LogP contribution is -2.36. The first kappa shape index (κ1) is 24.3. The number of carbonyl (C=O) groups excluding carboxylic acids is 2. The Balaban J connectivity index is 1.81. The normalized spacial score (nSPS) is 16.0. The molecule has 4 rings (SSSR count). The average molecular weight is 479 g/mol. The van der Waals surface area contributed by atoms with Crippen molar-refractivity contribution in [3.63, 3.8) is 0 Å². The molecule has 1 unspecified atom stereocenters. The van der Waals surface area contributed by atoms with Gasteiger partial charge in [0, 0.05) is 18.5 Å². The fourth-order valence-electron chi connectivity index (χ4n) is 4.31. The summed E-state index contributed by atoms with van der Waals surface area (Å²) in [7, 11) is 5.32. The van der Waals surface area contributed by atoms with Crippen LogP contribution in [0.25, 0.3) is 11.0 Å². The van der Waals surface area contributed by atoms with Crippen molar-refractivity contribution in [2.24, 2.45) is 0 Å². The quantitative estimate of drug-likeness (QED) is 0.459. The number of furan rings is 1. The van der Waals surface area contributed by atoms with Crippen molar-refractivity contribution in [3.05, 3.63) is 70.7 Å². The Kier molecular flexibility index (Phi) is 6.84. The summed E-state index contributed by atoms with van der Waals surface area (Å²) in [5.41, 5.74) is 2.20. The molecule has 1 aliphatic heterocycles. The Labute approximate surface area is 204 Å². The zero-order chi connectivity index (χ0) is 25.3. The van der Waals surface area contributed by atoms with Gasteiger partial charge in [0.2, 0.25) is 5.78 Å². The molecule has 2 aromatic carbocycles. The minimum atomic E-state index is -0.811. The van der Waals surface area contributed by atoms with Gasteiger partial charge in [-0.2, -0.15) is 0 Å². The molecule has 0 bridgehead atoms. The van der Waals surface area contributed by atoms with Crippen LogP contribution in [0.1, 0.15) is 34.6 Å². The van der Waals surface area contributed by atoms with E-state index in [1.807, 2.05) is 45.0 Å². The molecule has 1 aromatic heterocycles. The monoisotopic (exact) mass is 478 g/mol. The Morgan fingerprint density at radius 1 is 1.14 bits per heavy atom. The van der Waals surface area contributed by atoms with E-state index in [0.29, 0.717) is 42.3 Å². The Morgan fingerprint density at radius 3 is 2.60 bits per heavy atom. The van der Waals surface area contributed by atoms with E-state index in [1.165, 1.54) is 12.0 Å². The third-order valence-corrected chi connectivity index (χ3v) is 6.04. The van der Waals surface area contributed by atoms with E-state index in [-0.39, 0.29) is 11.3 Å². The van der Waals surface area contributed by atoms with Crippen molar-refractivity contribution in [2.75, 3.05) is 40.9 Å². The van der Waals surface area contributed by atoms with Gasteiger partial charge in [0.1, 0.15) is 5.58 Å². The van der Waals surface area contributed by atoms with Crippen LogP contribution in [0.4, 0.5) is 0 Å². The van der Waals surface area contributed by atoms with Gasteiger partial charge in [-0.3, -0.25) is 9.59 Å². The predicted octanol–water partition coefficient (Wildman–Crippen LogP) is 4.29. The second-order valence-corrected chi connectivity index (χ2v) is 8.79. The third kappa shape index (κ3) is 4.61. The summed E-state index contributed by atoms with van der Waals surface area (Å²) < 4.78 is 16.9. The number of hydrogen-bond donors (Lipinski definition) is 1. The standard InChI is InChI=1S/C27H30N2O6/c1-6-34-20-10-8-17(14-21(20)33-5)24-23(26(31)27(32)29(24)12-11-28(3)4)25(30)22-15-18-13-16(2)7-9-19(18)35-22/h7-10,13-15,24,31H,6,11-12H2,1-5H3. The van der Waals surface area contributed by atoms with E-state index in [4.69, 9.17) is 13.9 Å². The minimum Gasteiger partial charge on any atom is -0.503 e. The van der Waals surface area contributed by atoms with Crippen LogP contribution < -0.4 is 9.47 Å². The molecule has 0 saturated heterocycles. The number of aliphatic hydroxyl groups excluding tert-OH is 1. The number of methoxy groups -OCH3 is 1. The maximum Gasteiger partial charge on any atom is 0.290 e. The molecule has 1 amide bonds. The molecule has 0 spiro atoms. The van der Waals surface area contributed by atoms with Crippen LogP contribution >= 0.6 is 0 Å². The van der Waals surface area contributed by atoms with Crippen molar-refractivity contribution in [1.29, 1.82) is 0 Å². The first-order valence-corrected chi connectivity index (χ1v) is 11.5. The number of aryl methyl sites for hydroxylation is 1. The van der Waals surface area contributed by atoms with Crippen LogP contribution in [0.2, 0.25) is 0 Å². The van der Waals surface area contributed by atoms with Crippen LogP contribution in [0.3, 0.4) is 0 Å². The molecule has 35 heavy (non-hydrogen) atoms. The number of benzene rings is 2. The van der Waals surface area contributed by atoms with Crippen LogP contribution in [-0.2, 0) is 4.79 Å². The second kappa shape index (κ2) is 9.84. The number of aliphatic hydroxyl groups is 1. The van der Waals surface area contributed by atoms with Gasteiger partial charge in [-0.1, -0.05) is 17.7 Å². The molecule has 0 aliphatic carbocycles. The van der Waals surface area contributed by atoms with Crippen LogP contribution in [0.5, 0.6) is 11.5 Å². The zero-order valence-corrected chi connectivity index (χ0v) is 20.6. The molecule has 1 N–H and O–H groups in total. The van der Waals surface area contributed by atoms with Crippen molar-refractivity contribution < 1.29 is 28.6 Å². The van der Waals surface area contributed by atoms with Gasteiger partial charge in [-0.05, 0) is 63.8 Å². The summed E-state index contributed by atoms with van der Waals surface area (Å²) in [6.45, 7) is 5.15. The molecular formula is C27H30N2O6. The van der Waals surface area contributed by atoms with Gasteiger partial charge in [-0.25, -0.2) is 0 Å². The lowest BCUT2D eigenvalue weighted by molar-refractivity contribution is -0.129. The summed E-state index contributed by atoms with van der Waals surface area (Å²) in [6, 6.07) is 11.7. The third-order valence-electron chi connectivity index (χ3n) is 6.04. The molecule has 1 aliphatic rings. The molecule has 0 fully saturated rings. The smallest absolute Gasteiger partial charge is 0.290 e.